The lowest BCUT2D eigenvalue weighted by molar-refractivity contribution is 0.219. The molecule has 1 unspecified atom stereocenters. The van der Waals surface area contributed by atoms with Gasteiger partial charge in [-0.15, -0.1) is 0 Å². The summed E-state index contributed by atoms with van der Waals surface area (Å²) in [5, 5.41) is 11.1. The summed E-state index contributed by atoms with van der Waals surface area (Å²) in [5.41, 5.74) is 0.807. The molecule has 100 valence electrons. The molecule has 0 aliphatic rings. The lowest BCUT2D eigenvalue weighted by Gasteiger charge is -2.14. The fraction of sp³-hybridized carbons (Fsp3) is 0.143. The quantitative estimate of drug-likeness (QED) is 0.919. The molecule has 0 aromatic heterocycles. The molecule has 0 radical (unpaired) electrons. The van der Waals surface area contributed by atoms with E-state index in [0.29, 0.717) is 21.2 Å². The number of hydrogen-bond donors (Lipinski definition) is 1. The molecular formula is C14H11Cl2FO2. The minimum absolute atomic E-state index is 0.119. The van der Waals surface area contributed by atoms with Crippen LogP contribution in [-0.2, 0) is 0 Å². The fourth-order valence-electron chi connectivity index (χ4n) is 1.76. The lowest BCUT2D eigenvalue weighted by Crippen LogP contribution is -2.02. The molecule has 0 fully saturated rings. The highest BCUT2D eigenvalue weighted by atomic mass is 35.5. The van der Waals surface area contributed by atoms with Crippen LogP contribution in [0.25, 0.3) is 0 Å². The Hall–Kier alpha value is -1.29. The molecule has 2 aromatic rings. The first-order valence-electron chi connectivity index (χ1n) is 5.49. The number of benzene rings is 2. The summed E-state index contributed by atoms with van der Waals surface area (Å²) in [6.45, 7) is 0. The minimum atomic E-state index is -1.05. The Balaban J connectivity index is 2.41. The summed E-state index contributed by atoms with van der Waals surface area (Å²) >= 11 is 11.9. The molecule has 0 bridgehead atoms. The summed E-state index contributed by atoms with van der Waals surface area (Å²) in [6.07, 6.45) is -1.05. The van der Waals surface area contributed by atoms with Crippen molar-refractivity contribution in [2.45, 2.75) is 6.10 Å². The maximum atomic E-state index is 13.6. The topological polar surface area (TPSA) is 29.5 Å². The Morgan fingerprint density at radius 2 is 1.89 bits per heavy atom. The molecule has 0 heterocycles. The van der Waals surface area contributed by atoms with Gasteiger partial charge in [-0.25, -0.2) is 4.39 Å². The SMILES string of the molecule is COc1ccc(C(O)c2cc(Cl)ccc2Cl)cc1F. The zero-order valence-corrected chi connectivity index (χ0v) is 11.5. The van der Waals surface area contributed by atoms with E-state index in [0.717, 1.165) is 0 Å². The number of aliphatic hydroxyl groups is 1. The Labute approximate surface area is 120 Å². The second-order valence-corrected chi connectivity index (χ2v) is 4.81. The third-order valence-electron chi connectivity index (χ3n) is 2.74. The van der Waals surface area contributed by atoms with Gasteiger partial charge in [0.1, 0.15) is 6.10 Å². The number of ether oxygens (including phenoxy) is 1. The van der Waals surface area contributed by atoms with Crippen LogP contribution in [0.5, 0.6) is 5.75 Å². The maximum absolute atomic E-state index is 13.6. The first-order chi connectivity index (χ1) is 9.02. The standard InChI is InChI=1S/C14H11Cl2FO2/c1-19-13-5-2-8(6-12(13)17)14(18)10-7-9(15)3-4-11(10)16/h2-7,14,18H,1H3. The van der Waals surface area contributed by atoms with E-state index in [1.165, 1.54) is 19.2 Å². The molecular weight excluding hydrogens is 290 g/mol. The van der Waals surface area contributed by atoms with Crippen molar-refractivity contribution in [1.82, 2.24) is 0 Å². The smallest absolute Gasteiger partial charge is 0.165 e. The molecule has 2 nitrogen and oxygen atoms in total. The Morgan fingerprint density at radius 1 is 1.16 bits per heavy atom. The number of hydrogen-bond acceptors (Lipinski definition) is 2. The third-order valence-corrected chi connectivity index (χ3v) is 3.32. The van der Waals surface area contributed by atoms with Gasteiger partial charge in [-0.1, -0.05) is 29.3 Å². The monoisotopic (exact) mass is 300 g/mol. The van der Waals surface area contributed by atoms with Crippen molar-refractivity contribution in [2.75, 3.05) is 7.11 Å². The van der Waals surface area contributed by atoms with Gasteiger partial charge < -0.3 is 9.84 Å². The highest BCUT2D eigenvalue weighted by Gasteiger charge is 2.16. The van der Waals surface area contributed by atoms with Crippen molar-refractivity contribution in [3.05, 3.63) is 63.4 Å². The van der Waals surface area contributed by atoms with Gasteiger partial charge in [-0.3, -0.25) is 0 Å². The summed E-state index contributed by atoms with van der Waals surface area (Å²) < 4.78 is 18.4. The van der Waals surface area contributed by atoms with Crippen molar-refractivity contribution in [3.8, 4) is 5.75 Å². The van der Waals surface area contributed by atoms with Crippen molar-refractivity contribution in [1.29, 1.82) is 0 Å². The van der Waals surface area contributed by atoms with Crippen LogP contribution in [-0.4, -0.2) is 12.2 Å². The molecule has 2 rings (SSSR count). The van der Waals surface area contributed by atoms with Crippen LogP contribution in [0.15, 0.2) is 36.4 Å². The van der Waals surface area contributed by atoms with Gasteiger partial charge >= 0.3 is 0 Å². The summed E-state index contributed by atoms with van der Waals surface area (Å²) in [4.78, 5) is 0. The lowest BCUT2D eigenvalue weighted by atomic mass is 10.0. The molecule has 0 aliphatic heterocycles. The Kier molecular flexibility index (Phi) is 4.30. The van der Waals surface area contributed by atoms with E-state index in [9.17, 15) is 9.50 Å². The van der Waals surface area contributed by atoms with Gasteiger partial charge in [0.2, 0.25) is 0 Å². The van der Waals surface area contributed by atoms with Gasteiger partial charge in [0.15, 0.2) is 11.6 Å². The van der Waals surface area contributed by atoms with Crippen LogP contribution in [0.3, 0.4) is 0 Å². The fourth-order valence-corrected chi connectivity index (χ4v) is 2.16. The summed E-state index contributed by atoms with van der Waals surface area (Å²) in [6, 6.07) is 8.99. The van der Waals surface area contributed by atoms with E-state index in [1.54, 1.807) is 24.3 Å². The molecule has 19 heavy (non-hydrogen) atoms. The van der Waals surface area contributed by atoms with Crippen molar-refractivity contribution < 1.29 is 14.2 Å². The van der Waals surface area contributed by atoms with Gasteiger partial charge in [0.25, 0.3) is 0 Å². The van der Waals surface area contributed by atoms with Crippen molar-refractivity contribution in [3.63, 3.8) is 0 Å². The van der Waals surface area contributed by atoms with E-state index < -0.39 is 11.9 Å². The number of rotatable bonds is 3. The number of aliphatic hydroxyl groups excluding tert-OH is 1. The van der Waals surface area contributed by atoms with E-state index in [1.807, 2.05) is 0 Å². The van der Waals surface area contributed by atoms with E-state index in [2.05, 4.69) is 0 Å². The first kappa shape index (κ1) is 14.1. The maximum Gasteiger partial charge on any atom is 0.165 e. The zero-order chi connectivity index (χ0) is 14.0. The summed E-state index contributed by atoms with van der Waals surface area (Å²) in [5.74, 6) is -0.426. The van der Waals surface area contributed by atoms with E-state index >= 15 is 0 Å². The van der Waals surface area contributed by atoms with Crippen molar-refractivity contribution >= 4 is 23.2 Å². The van der Waals surface area contributed by atoms with Crippen LogP contribution in [0, 0.1) is 5.82 Å². The zero-order valence-electron chi connectivity index (χ0n) is 10.0. The third kappa shape index (κ3) is 3.00. The van der Waals surface area contributed by atoms with Gasteiger partial charge in [0.05, 0.1) is 7.11 Å². The van der Waals surface area contributed by atoms with Crippen LogP contribution in [0.4, 0.5) is 4.39 Å². The molecule has 1 N–H and O–H groups in total. The normalized spacial score (nSPS) is 12.3. The largest absolute Gasteiger partial charge is 0.494 e. The van der Waals surface area contributed by atoms with Crippen LogP contribution < -0.4 is 4.74 Å². The molecule has 1 atom stereocenters. The molecule has 0 aliphatic carbocycles. The first-order valence-corrected chi connectivity index (χ1v) is 6.25. The molecule has 0 saturated heterocycles. The number of halogens is 3. The molecule has 2 aromatic carbocycles. The van der Waals surface area contributed by atoms with Gasteiger partial charge in [-0.2, -0.15) is 0 Å². The van der Waals surface area contributed by atoms with Crippen LogP contribution >= 0.6 is 23.2 Å². The number of methoxy groups -OCH3 is 1. The minimum Gasteiger partial charge on any atom is -0.494 e. The second kappa shape index (κ2) is 5.78. The van der Waals surface area contributed by atoms with Gasteiger partial charge in [-0.05, 0) is 35.9 Å². The second-order valence-electron chi connectivity index (χ2n) is 3.96. The van der Waals surface area contributed by atoms with Crippen molar-refractivity contribution in [2.24, 2.45) is 0 Å². The molecule has 5 heteroatoms. The average molecular weight is 301 g/mol. The van der Waals surface area contributed by atoms with E-state index in [4.69, 9.17) is 27.9 Å². The predicted octanol–water partition coefficient (Wildman–Crippen LogP) is 4.22. The molecule has 0 amide bonds. The predicted molar refractivity (Wildman–Crippen MR) is 73.5 cm³/mol. The van der Waals surface area contributed by atoms with Crippen LogP contribution in [0.2, 0.25) is 10.0 Å². The van der Waals surface area contributed by atoms with E-state index in [-0.39, 0.29) is 5.75 Å². The Bertz CT molecular complexity index is 602. The highest BCUT2D eigenvalue weighted by Crippen LogP contribution is 2.32. The average Bonchev–Trinajstić information content (AvgIpc) is 2.40. The summed E-state index contributed by atoms with van der Waals surface area (Å²) in [7, 11) is 1.38. The highest BCUT2D eigenvalue weighted by molar-refractivity contribution is 6.33. The molecule has 0 saturated carbocycles. The van der Waals surface area contributed by atoms with Gasteiger partial charge in [0, 0.05) is 15.6 Å². The van der Waals surface area contributed by atoms with Crippen LogP contribution in [0.1, 0.15) is 17.2 Å². The Morgan fingerprint density at radius 3 is 2.53 bits per heavy atom. The molecule has 0 spiro atoms.